The molecule has 2 N–H and O–H groups in total. The molecule has 0 amide bonds. The molecule has 6 heteroatoms. The van der Waals surface area contributed by atoms with Gasteiger partial charge in [0, 0.05) is 25.0 Å². The fourth-order valence-corrected chi connectivity index (χ4v) is 2.44. The maximum absolute atomic E-state index is 5.88. The van der Waals surface area contributed by atoms with Gasteiger partial charge in [-0.3, -0.25) is 0 Å². The molecule has 90 valence electrons. The third kappa shape index (κ3) is 2.58. The second kappa shape index (κ2) is 5.18. The van der Waals surface area contributed by atoms with Crippen molar-refractivity contribution in [1.82, 2.24) is 19.5 Å². The summed E-state index contributed by atoms with van der Waals surface area (Å²) in [7, 11) is 1.96. The van der Waals surface area contributed by atoms with Crippen LogP contribution in [0.5, 0.6) is 0 Å². The summed E-state index contributed by atoms with van der Waals surface area (Å²) in [6.07, 6.45) is 7.09. The summed E-state index contributed by atoms with van der Waals surface area (Å²) in [4.78, 5) is 12.6. The number of nitrogens with two attached hydrogens (primary N) is 1. The van der Waals surface area contributed by atoms with Crippen LogP contribution < -0.4 is 5.73 Å². The number of hydrogen-bond acceptors (Lipinski definition) is 5. The molecule has 2 aromatic rings. The van der Waals surface area contributed by atoms with Crippen molar-refractivity contribution in [3.8, 4) is 0 Å². The summed E-state index contributed by atoms with van der Waals surface area (Å²) >= 11 is 1.52. The van der Waals surface area contributed by atoms with Crippen LogP contribution in [0.25, 0.3) is 0 Å². The molecule has 2 aromatic heterocycles. The number of aromatic nitrogens is 4. The third-order valence-corrected chi connectivity index (χ3v) is 3.53. The Bertz CT molecular complexity index is 508. The summed E-state index contributed by atoms with van der Waals surface area (Å²) in [5.74, 6) is 0.568. The van der Waals surface area contributed by atoms with Gasteiger partial charge in [-0.15, -0.1) is 0 Å². The lowest BCUT2D eigenvalue weighted by Crippen LogP contribution is -2.02. The quantitative estimate of drug-likeness (QED) is 0.838. The van der Waals surface area contributed by atoms with Crippen LogP contribution in [0.4, 0.5) is 5.82 Å². The van der Waals surface area contributed by atoms with Crippen LogP contribution in [-0.4, -0.2) is 19.5 Å². The van der Waals surface area contributed by atoms with Gasteiger partial charge in [0.15, 0.2) is 5.16 Å². The second-order valence-electron chi connectivity index (χ2n) is 3.72. The molecule has 0 saturated heterocycles. The van der Waals surface area contributed by atoms with Gasteiger partial charge in [-0.1, -0.05) is 13.3 Å². The predicted octanol–water partition coefficient (Wildman–Crippen LogP) is 1.90. The Balaban J connectivity index is 2.32. The number of anilines is 1. The summed E-state index contributed by atoms with van der Waals surface area (Å²) in [5.41, 5.74) is 6.90. The molecule has 0 radical (unpaired) electrons. The lowest BCUT2D eigenvalue weighted by molar-refractivity contribution is 0.785. The molecule has 2 heterocycles. The lowest BCUT2D eigenvalue weighted by Gasteiger charge is -2.08. The summed E-state index contributed by atoms with van der Waals surface area (Å²) in [5, 5.41) is 1.80. The van der Waals surface area contributed by atoms with Crippen LogP contribution in [0.1, 0.15) is 18.9 Å². The summed E-state index contributed by atoms with van der Waals surface area (Å²) in [6.45, 7) is 2.11. The molecule has 2 rings (SSSR count). The average molecular weight is 249 g/mol. The van der Waals surface area contributed by atoms with Crippen molar-refractivity contribution in [2.24, 2.45) is 7.05 Å². The van der Waals surface area contributed by atoms with Crippen LogP contribution in [0, 0.1) is 0 Å². The lowest BCUT2D eigenvalue weighted by atomic mass is 10.2. The first kappa shape index (κ1) is 11.9. The van der Waals surface area contributed by atoms with E-state index in [1.807, 2.05) is 17.8 Å². The van der Waals surface area contributed by atoms with Crippen molar-refractivity contribution < 1.29 is 0 Å². The van der Waals surface area contributed by atoms with E-state index in [1.54, 1.807) is 6.20 Å². The molecular weight excluding hydrogens is 234 g/mol. The van der Waals surface area contributed by atoms with Gasteiger partial charge in [0.05, 0.1) is 0 Å². The zero-order chi connectivity index (χ0) is 12.3. The van der Waals surface area contributed by atoms with Crippen LogP contribution in [0.2, 0.25) is 0 Å². The smallest absolute Gasteiger partial charge is 0.174 e. The second-order valence-corrected chi connectivity index (χ2v) is 4.67. The Hall–Kier alpha value is -1.56. The van der Waals surface area contributed by atoms with Gasteiger partial charge in [0.1, 0.15) is 17.2 Å². The van der Waals surface area contributed by atoms with Crippen molar-refractivity contribution in [2.75, 3.05) is 5.73 Å². The predicted molar refractivity (Wildman–Crippen MR) is 67.8 cm³/mol. The minimum atomic E-state index is 0.568. The summed E-state index contributed by atoms with van der Waals surface area (Å²) in [6, 6.07) is 0. The Kier molecular flexibility index (Phi) is 3.63. The SMILES string of the molecule is CCCc1c(N)ncnc1Sc1nccn1C. The minimum absolute atomic E-state index is 0.568. The standard InChI is InChI=1S/C11H15N5S/c1-3-4-8-9(12)14-7-15-10(8)17-11-13-5-6-16(11)2/h5-7H,3-4H2,1-2H3,(H2,12,14,15). The minimum Gasteiger partial charge on any atom is -0.383 e. The van der Waals surface area contributed by atoms with Gasteiger partial charge < -0.3 is 10.3 Å². The van der Waals surface area contributed by atoms with Gasteiger partial charge in [0.25, 0.3) is 0 Å². The van der Waals surface area contributed by atoms with E-state index in [1.165, 1.54) is 18.1 Å². The van der Waals surface area contributed by atoms with Crippen molar-refractivity contribution >= 4 is 17.6 Å². The fourth-order valence-electron chi connectivity index (χ4n) is 1.52. The van der Waals surface area contributed by atoms with E-state index in [-0.39, 0.29) is 0 Å². The molecule has 0 aromatic carbocycles. The Morgan fingerprint density at radius 2 is 2.18 bits per heavy atom. The average Bonchev–Trinajstić information content (AvgIpc) is 2.70. The molecule has 0 saturated carbocycles. The van der Waals surface area contributed by atoms with E-state index in [0.29, 0.717) is 5.82 Å². The molecule has 0 aliphatic rings. The Labute approximate surface area is 104 Å². The molecule has 0 unspecified atom stereocenters. The Morgan fingerprint density at radius 3 is 2.82 bits per heavy atom. The van der Waals surface area contributed by atoms with Crippen molar-refractivity contribution in [1.29, 1.82) is 0 Å². The van der Waals surface area contributed by atoms with E-state index < -0.39 is 0 Å². The first-order valence-electron chi connectivity index (χ1n) is 5.47. The Morgan fingerprint density at radius 1 is 1.35 bits per heavy atom. The van der Waals surface area contributed by atoms with Crippen molar-refractivity contribution in [3.05, 3.63) is 24.3 Å². The number of hydrogen-bond donors (Lipinski definition) is 1. The normalized spacial score (nSPS) is 10.7. The number of rotatable bonds is 4. The van der Waals surface area contributed by atoms with E-state index >= 15 is 0 Å². The summed E-state index contributed by atoms with van der Waals surface area (Å²) < 4.78 is 1.96. The highest BCUT2D eigenvalue weighted by atomic mass is 32.2. The van der Waals surface area contributed by atoms with Crippen molar-refractivity contribution in [2.45, 2.75) is 29.9 Å². The molecule has 17 heavy (non-hydrogen) atoms. The number of nitrogen functional groups attached to an aromatic ring is 1. The molecule has 0 spiro atoms. The van der Waals surface area contributed by atoms with Crippen LogP contribution in [0.3, 0.4) is 0 Å². The maximum Gasteiger partial charge on any atom is 0.174 e. The zero-order valence-electron chi connectivity index (χ0n) is 9.92. The highest BCUT2D eigenvalue weighted by molar-refractivity contribution is 7.99. The van der Waals surface area contributed by atoms with Crippen LogP contribution in [0.15, 0.2) is 28.9 Å². The molecule has 0 atom stereocenters. The van der Waals surface area contributed by atoms with Gasteiger partial charge in [-0.25, -0.2) is 15.0 Å². The molecule has 0 fully saturated rings. The van der Waals surface area contributed by atoms with Gasteiger partial charge in [-0.2, -0.15) is 0 Å². The first-order valence-corrected chi connectivity index (χ1v) is 6.28. The fraction of sp³-hybridized carbons (Fsp3) is 0.364. The molecule has 0 bridgehead atoms. The molecular formula is C11H15N5S. The highest BCUT2D eigenvalue weighted by Gasteiger charge is 2.11. The van der Waals surface area contributed by atoms with Gasteiger partial charge in [0.2, 0.25) is 0 Å². The van der Waals surface area contributed by atoms with E-state index in [4.69, 9.17) is 5.73 Å². The highest BCUT2D eigenvalue weighted by Crippen LogP contribution is 2.29. The van der Waals surface area contributed by atoms with E-state index in [0.717, 1.165) is 28.6 Å². The monoisotopic (exact) mass is 249 g/mol. The third-order valence-electron chi connectivity index (χ3n) is 2.40. The number of imidazole rings is 1. The zero-order valence-corrected chi connectivity index (χ0v) is 10.7. The van der Waals surface area contributed by atoms with Gasteiger partial charge >= 0.3 is 0 Å². The van der Waals surface area contributed by atoms with Crippen LogP contribution >= 0.6 is 11.8 Å². The topological polar surface area (TPSA) is 69.6 Å². The van der Waals surface area contributed by atoms with Crippen molar-refractivity contribution in [3.63, 3.8) is 0 Å². The van der Waals surface area contributed by atoms with Crippen LogP contribution in [-0.2, 0) is 13.5 Å². The molecule has 5 nitrogen and oxygen atoms in total. The number of nitrogens with zero attached hydrogens (tertiary/aromatic N) is 4. The van der Waals surface area contributed by atoms with E-state index in [2.05, 4.69) is 21.9 Å². The number of aryl methyl sites for hydroxylation is 1. The molecule has 0 aliphatic carbocycles. The largest absolute Gasteiger partial charge is 0.383 e. The maximum atomic E-state index is 5.88. The molecule has 0 aliphatic heterocycles. The first-order chi connectivity index (χ1) is 8.22. The van der Waals surface area contributed by atoms with Gasteiger partial charge in [-0.05, 0) is 18.2 Å². The van der Waals surface area contributed by atoms with E-state index in [9.17, 15) is 0 Å².